The maximum Gasteiger partial charge on any atom is 0.141 e. The van der Waals surface area contributed by atoms with Gasteiger partial charge in [0.25, 0.3) is 0 Å². The molecule has 0 unspecified atom stereocenters. The molecule has 0 aliphatic rings. The Bertz CT molecular complexity index is 344. The Labute approximate surface area is 104 Å². The molecule has 0 saturated carbocycles. The number of unbranched alkanes of at least 4 members (excludes halogenated alkanes) is 2. The second-order valence-electron chi connectivity index (χ2n) is 3.68. The number of nitrogens with two attached hydrogens (primary N) is 1. The van der Waals surface area contributed by atoms with Crippen molar-refractivity contribution in [1.29, 1.82) is 0 Å². The van der Waals surface area contributed by atoms with Crippen molar-refractivity contribution in [3.05, 3.63) is 28.0 Å². The van der Waals surface area contributed by atoms with E-state index in [1.165, 1.54) is 6.07 Å². The van der Waals surface area contributed by atoms with Crippen LogP contribution in [-0.2, 0) is 6.42 Å². The first-order valence-corrected chi connectivity index (χ1v) is 6.20. The van der Waals surface area contributed by atoms with Crippen LogP contribution in [0.25, 0.3) is 0 Å². The van der Waals surface area contributed by atoms with E-state index in [2.05, 4.69) is 15.9 Å². The highest BCUT2D eigenvalue weighted by Crippen LogP contribution is 2.27. The summed E-state index contributed by atoms with van der Waals surface area (Å²) in [6.45, 7) is 0.726. The van der Waals surface area contributed by atoms with E-state index in [1.54, 1.807) is 13.2 Å². The highest BCUT2D eigenvalue weighted by atomic mass is 79.9. The number of methoxy groups -OCH3 is 1. The zero-order chi connectivity index (χ0) is 12.0. The van der Waals surface area contributed by atoms with Crippen LogP contribution < -0.4 is 10.5 Å². The molecule has 0 amide bonds. The van der Waals surface area contributed by atoms with Gasteiger partial charge >= 0.3 is 0 Å². The topological polar surface area (TPSA) is 35.2 Å². The number of aryl methyl sites for hydroxylation is 1. The molecule has 0 bridgehead atoms. The number of rotatable bonds is 6. The molecule has 0 saturated heterocycles. The van der Waals surface area contributed by atoms with Gasteiger partial charge in [0.05, 0.1) is 11.6 Å². The Hall–Kier alpha value is -0.610. The van der Waals surface area contributed by atoms with Gasteiger partial charge in [0, 0.05) is 6.07 Å². The minimum Gasteiger partial charge on any atom is -0.496 e. The van der Waals surface area contributed by atoms with Gasteiger partial charge in [-0.25, -0.2) is 4.39 Å². The molecular weight excluding hydrogens is 273 g/mol. The standard InChI is InChI=1S/C12H17BrFNO/c1-16-12-8-11(14)10(13)7-9(12)5-3-2-4-6-15/h7-8H,2-6,15H2,1H3. The van der Waals surface area contributed by atoms with Crippen LogP contribution in [0.2, 0.25) is 0 Å². The van der Waals surface area contributed by atoms with Gasteiger partial charge in [-0.3, -0.25) is 0 Å². The molecule has 0 fully saturated rings. The predicted molar refractivity (Wildman–Crippen MR) is 67.3 cm³/mol. The SMILES string of the molecule is COc1cc(F)c(Br)cc1CCCCCN. The third-order valence-electron chi connectivity index (χ3n) is 2.47. The zero-order valence-electron chi connectivity index (χ0n) is 9.43. The molecule has 0 aliphatic heterocycles. The van der Waals surface area contributed by atoms with Crippen molar-refractivity contribution in [2.75, 3.05) is 13.7 Å². The van der Waals surface area contributed by atoms with Gasteiger partial charge in [0.1, 0.15) is 11.6 Å². The zero-order valence-corrected chi connectivity index (χ0v) is 11.0. The molecule has 0 atom stereocenters. The van der Waals surface area contributed by atoms with Crippen molar-refractivity contribution < 1.29 is 9.13 Å². The van der Waals surface area contributed by atoms with E-state index in [0.29, 0.717) is 10.2 Å². The molecule has 2 nitrogen and oxygen atoms in total. The molecule has 2 N–H and O–H groups in total. The van der Waals surface area contributed by atoms with Crippen LogP contribution in [-0.4, -0.2) is 13.7 Å². The van der Waals surface area contributed by atoms with Gasteiger partial charge in [0.2, 0.25) is 0 Å². The van der Waals surface area contributed by atoms with Crippen molar-refractivity contribution in [3.8, 4) is 5.75 Å². The molecule has 1 aromatic rings. The van der Waals surface area contributed by atoms with Crippen LogP contribution in [0.3, 0.4) is 0 Å². The number of hydrogen-bond donors (Lipinski definition) is 1. The van der Waals surface area contributed by atoms with Gasteiger partial charge < -0.3 is 10.5 Å². The van der Waals surface area contributed by atoms with E-state index in [1.807, 2.05) is 0 Å². The average Bonchev–Trinajstić information content (AvgIpc) is 2.28. The normalized spacial score (nSPS) is 10.5. The molecule has 1 rings (SSSR count). The van der Waals surface area contributed by atoms with Crippen LogP contribution in [0.5, 0.6) is 5.75 Å². The van der Waals surface area contributed by atoms with E-state index >= 15 is 0 Å². The number of benzene rings is 1. The molecule has 0 aliphatic carbocycles. The molecule has 90 valence electrons. The van der Waals surface area contributed by atoms with Crippen molar-refractivity contribution in [2.45, 2.75) is 25.7 Å². The first-order chi connectivity index (χ1) is 7.69. The molecule has 0 aromatic heterocycles. The summed E-state index contributed by atoms with van der Waals surface area (Å²) in [5.74, 6) is 0.330. The fraction of sp³-hybridized carbons (Fsp3) is 0.500. The third-order valence-corrected chi connectivity index (χ3v) is 3.08. The summed E-state index contributed by atoms with van der Waals surface area (Å²) in [5, 5.41) is 0. The third kappa shape index (κ3) is 3.76. The van der Waals surface area contributed by atoms with E-state index in [9.17, 15) is 4.39 Å². The maximum absolute atomic E-state index is 13.2. The lowest BCUT2D eigenvalue weighted by Gasteiger charge is -2.09. The number of hydrogen-bond acceptors (Lipinski definition) is 2. The van der Waals surface area contributed by atoms with E-state index in [0.717, 1.165) is 37.8 Å². The Morgan fingerprint density at radius 3 is 2.69 bits per heavy atom. The maximum atomic E-state index is 13.2. The van der Waals surface area contributed by atoms with Crippen LogP contribution >= 0.6 is 15.9 Å². The summed E-state index contributed by atoms with van der Waals surface area (Å²) in [6, 6.07) is 3.21. The highest BCUT2D eigenvalue weighted by Gasteiger charge is 2.08. The fourth-order valence-electron chi connectivity index (χ4n) is 1.59. The van der Waals surface area contributed by atoms with E-state index in [4.69, 9.17) is 10.5 Å². The van der Waals surface area contributed by atoms with Crippen LogP contribution in [0.15, 0.2) is 16.6 Å². The Balaban J connectivity index is 2.66. The molecule has 0 radical (unpaired) electrons. The number of ether oxygens (including phenoxy) is 1. The summed E-state index contributed by atoms with van der Waals surface area (Å²) in [5.41, 5.74) is 6.46. The molecule has 1 aromatic carbocycles. The molecule has 0 heterocycles. The quantitative estimate of drug-likeness (QED) is 0.816. The average molecular weight is 290 g/mol. The lowest BCUT2D eigenvalue weighted by atomic mass is 10.1. The molecule has 16 heavy (non-hydrogen) atoms. The summed E-state index contributed by atoms with van der Waals surface area (Å²) in [6.07, 6.45) is 4.06. The van der Waals surface area contributed by atoms with Gasteiger partial charge in [-0.05, 0) is 53.4 Å². The summed E-state index contributed by atoms with van der Waals surface area (Å²) >= 11 is 3.18. The minimum atomic E-state index is -0.289. The van der Waals surface area contributed by atoms with Crippen LogP contribution in [0.4, 0.5) is 4.39 Å². The predicted octanol–water partition coefficient (Wildman–Crippen LogP) is 3.27. The lowest BCUT2D eigenvalue weighted by molar-refractivity contribution is 0.405. The Morgan fingerprint density at radius 1 is 1.31 bits per heavy atom. The van der Waals surface area contributed by atoms with E-state index < -0.39 is 0 Å². The van der Waals surface area contributed by atoms with E-state index in [-0.39, 0.29) is 5.82 Å². The first-order valence-electron chi connectivity index (χ1n) is 5.41. The Morgan fingerprint density at radius 2 is 2.06 bits per heavy atom. The van der Waals surface area contributed by atoms with Crippen molar-refractivity contribution >= 4 is 15.9 Å². The fourth-order valence-corrected chi connectivity index (χ4v) is 1.98. The number of halogens is 2. The highest BCUT2D eigenvalue weighted by molar-refractivity contribution is 9.10. The smallest absolute Gasteiger partial charge is 0.141 e. The largest absolute Gasteiger partial charge is 0.496 e. The van der Waals surface area contributed by atoms with Gasteiger partial charge in [0.15, 0.2) is 0 Å². The second kappa shape index (κ2) is 6.86. The van der Waals surface area contributed by atoms with Gasteiger partial charge in [-0.2, -0.15) is 0 Å². The van der Waals surface area contributed by atoms with Crippen LogP contribution in [0.1, 0.15) is 24.8 Å². The summed E-state index contributed by atoms with van der Waals surface area (Å²) < 4.78 is 18.9. The summed E-state index contributed by atoms with van der Waals surface area (Å²) in [4.78, 5) is 0. The lowest BCUT2D eigenvalue weighted by Crippen LogP contribution is -1.99. The van der Waals surface area contributed by atoms with Crippen molar-refractivity contribution in [2.24, 2.45) is 5.73 Å². The molecule has 4 heteroatoms. The van der Waals surface area contributed by atoms with Gasteiger partial charge in [-0.15, -0.1) is 0 Å². The first kappa shape index (κ1) is 13.5. The molecular formula is C12H17BrFNO. The minimum absolute atomic E-state index is 0.289. The Kier molecular flexibility index (Phi) is 5.77. The monoisotopic (exact) mass is 289 g/mol. The molecule has 0 spiro atoms. The van der Waals surface area contributed by atoms with Crippen molar-refractivity contribution in [3.63, 3.8) is 0 Å². The van der Waals surface area contributed by atoms with Crippen molar-refractivity contribution in [1.82, 2.24) is 0 Å². The van der Waals surface area contributed by atoms with Crippen LogP contribution in [0, 0.1) is 5.82 Å². The van der Waals surface area contributed by atoms with Gasteiger partial charge in [-0.1, -0.05) is 6.42 Å². The second-order valence-corrected chi connectivity index (χ2v) is 4.53. The summed E-state index contributed by atoms with van der Waals surface area (Å²) in [7, 11) is 1.56.